The van der Waals surface area contributed by atoms with Crippen LogP contribution in [0.4, 0.5) is 0 Å². The van der Waals surface area contributed by atoms with Crippen molar-refractivity contribution in [3.8, 4) is 0 Å². The Hall–Kier alpha value is -0.850. The Morgan fingerprint density at radius 2 is 2.38 bits per heavy atom. The number of aryl methyl sites for hydroxylation is 1. The summed E-state index contributed by atoms with van der Waals surface area (Å²) in [5, 5.41) is 13.4. The second-order valence-electron chi connectivity index (χ2n) is 3.39. The van der Waals surface area contributed by atoms with Crippen LogP contribution in [0.3, 0.4) is 0 Å². The second-order valence-corrected chi connectivity index (χ2v) is 5.23. The van der Waals surface area contributed by atoms with E-state index >= 15 is 0 Å². The van der Waals surface area contributed by atoms with Gasteiger partial charge >= 0.3 is 0 Å². The van der Waals surface area contributed by atoms with Crippen LogP contribution in [0.5, 0.6) is 0 Å². The summed E-state index contributed by atoms with van der Waals surface area (Å²) in [4.78, 5) is 0. The highest BCUT2D eigenvalue weighted by molar-refractivity contribution is 7.99. The molecule has 0 saturated heterocycles. The zero-order valence-corrected chi connectivity index (χ0v) is 10.7. The molecule has 0 amide bonds. The molecular weight excluding hydrogens is 240 g/mol. The molecule has 2 heterocycles. The van der Waals surface area contributed by atoms with Crippen molar-refractivity contribution in [2.45, 2.75) is 18.1 Å². The first-order valence-electron chi connectivity index (χ1n) is 5.03. The van der Waals surface area contributed by atoms with Gasteiger partial charge in [-0.15, -0.1) is 10.2 Å². The highest BCUT2D eigenvalue weighted by atomic mass is 32.2. The van der Waals surface area contributed by atoms with Gasteiger partial charge in [0.15, 0.2) is 5.16 Å². The fourth-order valence-corrected chi connectivity index (χ4v) is 2.96. The van der Waals surface area contributed by atoms with Crippen molar-refractivity contribution in [2.24, 2.45) is 12.8 Å². The largest absolute Gasteiger partial charge is 0.324 e. The van der Waals surface area contributed by atoms with Crippen LogP contribution in [0.25, 0.3) is 0 Å². The minimum atomic E-state index is 0.439. The molecule has 6 heteroatoms. The molecule has 0 fully saturated rings. The van der Waals surface area contributed by atoms with Crippen LogP contribution in [0, 0.1) is 0 Å². The fraction of sp³-hybridized carbons (Fsp3) is 0.400. The van der Waals surface area contributed by atoms with Gasteiger partial charge in [-0.2, -0.15) is 11.3 Å². The summed E-state index contributed by atoms with van der Waals surface area (Å²) >= 11 is 3.46. The molecular formula is C10H14N4S2. The molecule has 0 spiro atoms. The van der Waals surface area contributed by atoms with E-state index in [4.69, 9.17) is 5.73 Å². The van der Waals surface area contributed by atoms with Crippen LogP contribution in [-0.4, -0.2) is 20.5 Å². The van der Waals surface area contributed by atoms with Crippen molar-refractivity contribution in [1.29, 1.82) is 0 Å². The van der Waals surface area contributed by atoms with Gasteiger partial charge in [0.2, 0.25) is 0 Å². The van der Waals surface area contributed by atoms with E-state index in [-0.39, 0.29) is 0 Å². The molecule has 0 aliphatic carbocycles. The Balaban J connectivity index is 1.87. The maximum absolute atomic E-state index is 5.54. The molecule has 0 aromatic carbocycles. The molecule has 0 bridgehead atoms. The van der Waals surface area contributed by atoms with E-state index in [9.17, 15) is 0 Å². The molecule has 4 nitrogen and oxygen atoms in total. The monoisotopic (exact) mass is 254 g/mol. The van der Waals surface area contributed by atoms with Gasteiger partial charge in [0.05, 0.1) is 6.54 Å². The molecule has 16 heavy (non-hydrogen) atoms. The molecule has 86 valence electrons. The normalized spacial score (nSPS) is 10.9. The first-order valence-corrected chi connectivity index (χ1v) is 6.96. The van der Waals surface area contributed by atoms with E-state index in [0.29, 0.717) is 6.54 Å². The molecule has 2 N–H and O–H groups in total. The summed E-state index contributed by atoms with van der Waals surface area (Å²) in [5.74, 6) is 1.85. The lowest BCUT2D eigenvalue weighted by molar-refractivity contribution is 0.734. The van der Waals surface area contributed by atoms with Gasteiger partial charge in [-0.05, 0) is 28.8 Å². The van der Waals surface area contributed by atoms with E-state index in [1.807, 2.05) is 11.6 Å². The number of rotatable bonds is 5. The highest BCUT2D eigenvalue weighted by Crippen LogP contribution is 2.17. The smallest absolute Gasteiger partial charge is 0.190 e. The lowest BCUT2D eigenvalue weighted by Crippen LogP contribution is -2.05. The molecule has 2 aromatic heterocycles. The third kappa shape index (κ3) is 2.63. The van der Waals surface area contributed by atoms with Crippen molar-refractivity contribution in [1.82, 2.24) is 14.8 Å². The molecule has 0 unspecified atom stereocenters. The van der Waals surface area contributed by atoms with Gasteiger partial charge in [-0.3, -0.25) is 0 Å². The summed E-state index contributed by atoms with van der Waals surface area (Å²) < 4.78 is 1.96. The predicted octanol–water partition coefficient (Wildman–Crippen LogP) is 1.67. The Morgan fingerprint density at radius 3 is 3.00 bits per heavy atom. The van der Waals surface area contributed by atoms with E-state index < -0.39 is 0 Å². The molecule has 2 aromatic rings. The highest BCUT2D eigenvalue weighted by Gasteiger charge is 2.07. The zero-order chi connectivity index (χ0) is 11.4. The maximum Gasteiger partial charge on any atom is 0.190 e. The molecule has 0 aliphatic heterocycles. The predicted molar refractivity (Wildman–Crippen MR) is 67.6 cm³/mol. The Labute approximate surface area is 103 Å². The van der Waals surface area contributed by atoms with Gasteiger partial charge in [0, 0.05) is 12.8 Å². The first-order chi connectivity index (χ1) is 7.81. The molecule has 0 radical (unpaired) electrons. The summed E-state index contributed by atoms with van der Waals surface area (Å²) in [6.07, 6.45) is 1.07. The van der Waals surface area contributed by atoms with Crippen LogP contribution >= 0.6 is 23.1 Å². The number of nitrogens with zero attached hydrogens (tertiary/aromatic N) is 3. The quantitative estimate of drug-likeness (QED) is 0.825. The SMILES string of the molecule is Cn1c(CN)nnc1SCCc1ccsc1. The topological polar surface area (TPSA) is 56.7 Å². The maximum atomic E-state index is 5.54. The van der Waals surface area contributed by atoms with Crippen LogP contribution in [0.15, 0.2) is 22.0 Å². The summed E-state index contributed by atoms with van der Waals surface area (Å²) in [6, 6.07) is 2.16. The number of aromatic nitrogens is 3. The van der Waals surface area contributed by atoms with Crippen molar-refractivity contribution in [3.05, 3.63) is 28.2 Å². The van der Waals surface area contributed by atoms with E-state index in [1.54, 1.807) is 23.1 Å². The standard InChI is InChI=1S/C10H14N4S2/c1-14-9(6-11)12-13-10(14)16-5-3-8-2-4-15-7-8/h2,4,7H,3,5-6,11H2,1H3. The number of thioether (sulfide) groups is 1. The van der Waals surface area contributed by atoms with Crippen molar-refractivity contribution in [3.63, 3.8) is 0 Å². The molecule has 0 saturated carbocycles. The number of thiophene rings is 1. The minimum Gasteiger partial charge on any atom is -0.324 e. The third-order valence-corrected chi connectivity index (χ3v) is 4.06. The lowest BCUT2D eigenvalue weighted by Gasteiger charge is -2.01. The van der Waals surface area contributed by atoms with Gasteiger partial charge < -0.3 is 10.3 Å². The Bertz CT molecular complexity index is 436. The minimum absolute atomic E-state index is 0.439. The van der Waals surface area contributed by atoms with Crippen molar-refractivity contribution in [2.75, 3.05) is 5.75 Å². The van der Waals surface area contributed by atoms with E-state index in [2.05, 4.69) is 27.0 Å². The van der Waals surface area contributed by atoms with Gasteiger partial charge in [0.25, 0.3) is 0 Å². The number of hydrogen-bond acceptors (Lipinski definition) is 5. The first kappa shape index (κ1) is 11.6. The summed E-state index contributed by atoms with van der Waals surface area (Å²) in [7, 11) is 1.95. The summed E-state index contributed by atoms with van der Waals surface area (Å²) in [5.41, 5.74) is 6.93. The number of hydrogen-bond donors (Lipinski definition) is 1. The Kier molecular flexibility index (Phi) is 3.98. The van der Waals surface area contributed by atoms with Crippen LogP contribution in [0.2, 0.25) is 0 Å². The fourth-order valence-electron chi connectivity index (χ4n) is 1.34. The van der Waals surface area contributed by atoms with Crippen LogP contribution in [0.1, 0.15) is 11.4 Å². The van der Waals surface area contributed by atoms with E-state index in [0.717, 1.165) is 23.2 Å². The van der Waals surface area contributed by atoms with E-state index in [1.165, 1.54) is 5.56 Å². The van der Waals surface area contributed by atoms with Crippen LogP contribution < -0.4 is 5.73 Å². The van der Waals surface area contributed by atoms with Crippen molar-refractivity contribution < 1.29 is 0 Å². The molecule has 0 atom stereocenters. The lowest BCUT2D eigenvalue weighted by atomic mass is 10.3. The van der Waals surface area contributed by atoms with Crippen molar-refractivity contribution >= 4 is 23.1 Å². The van der Waals surface area contributed by atoms with Crippen LogP contribution in [-0.2, 0) is 20.0 Å². The third-order valence-electron chi connectivity index (χ3n) is 2.31. The van der Waals surface area contributed by atoms with Gasteiger partial charge in [0.1, 0.15) is 5.82 Å². The average Bonchev–Trinajstić information content (AvgIpc) is 2.90. The molecule has 2 rings (SSSR count). The zero-order valence-electron chi connectivity index (χ0n) is 9.09. The average molecular weight is 254 g/mol. The summed E-state index contributed by atoms with van der Waals surface area (Å²) in [6.45, 7) is 0.439. The molecule has 0 aliphatic rings. The van der Waals surface area contributed by atoms with Gasteiger partial charge in [-0.1, -0.05) is 11.8 Å². The van der Waals surface area contributed by atoms with Gasteiger partial charge in [-0.25, -0.2) is 0 Å². The number of nitrogens with two attached hydrogens (primary N) is 1. The Morgan fingerprint density at radius 1 is 1.50 bits per heavy atom. The second kappa shape index (κ2) is 5.47.